The highest BCUT2D eigenvalue weighted by molar-refractivity contribution is 7.87. The smallest absolute Gasteiger partial charge is 0.277 e. The summed E-state index contributed by atoms with van der Waals surface area (Å²) in [5.41, 5.74) is 0.574. The molecule has 1 heterocycles. The van der Waals surface area contributed by atoms with Crippen LogP contribution >= 0.6 is 11.6 Å². The fourth-order valence-corrected chi connectivity index (χ4v) is 6.98. The maximum atomic E-state index is 12.5. The topological polar surface area (TPSA) is 107 Å². The van der Waals surface area contributed by atoms with Gasteiger partial charge in [0.15, 0.2) is 0 Å². The summed E-state index contributed by atoms with van der Waals surface area (Å²) in [5.74, 6) is 0.294. The SMILES string of the molecule is O=S(=O)(NC1CCCCC1)N[C@H]1[C@@H]2C[C@@](O)(c3cc(Cl)cc4[nH]ncc34)C[C@@H]21. The minimum Gasteiger partial charge on any atom is -0.385 e. The Labute approximate surface area is 169 Å². The third-order valence-electron chi connectivity index (χ3n) is 6.72. The van der Waals surface area contributed by atoms with E-state index in [2.05, 4.69) is 19.6 Å². The van der Waals surface area contributed by atoms with Crippen LogP contribution in [0.2, 0.25) is 5.02 Å². The Morgan fingerprint density at radius 1 is 1.14 bits per heavy atom. The molecule has 5 rings (SSSR count). The summed E-state index contributed by atoms with van der Waals surface area (Å²) in [5, 5.41) is 19.7. The Bertz CT molecular complexity index is 990. The van der Waals surface area contributed by atoms with Crippen molar-refractivity contribution < 1.29 is 13.5 Å². The van der Waals surface area contributed by atoms with Crippen molar-refractivity contribution >= 4 is 32.7 Å². The maximum Gasteiger partial charge on any atom is 0.277 e. The van der Waals surface area contributed by atoms with Crippen LogP contribution in [-0.4, -0.2) is 35.8 Å². The molecule has 4 N–H and O–H groups in total. The number of aromatic amines is 1. The van der Waals surface area contributed by atoms with Crippen LogP contribution in [0, 0.1) is 11.8 Å². The second kappa shape index (κ2) is 6.67. The molecule has 0 saturated heterocycles. The first-order valence-corrected chi connectivity index (χ1v) is 11.9. The molecule has 7 nitrogen and oxygen atoms in total. The molecule has 0 radical (unpaired) electrons. The lowest BCUT2D eigenvalue weighted by Gasteiger charge is -2.28. The Balaban J connectivity index is 1.27. The van der Waals surface area contributed by atoms with Crippen molar-refractivity contribution in [1.29, 1.82) is 0 Å². The van der Waals surface area contributed by atoms with Crippen molar-refractivity contribution in [3.63, 3.8) is 0 Å². The lowest BCUT2D eigenvalue weighted by atomic mass is 9.86. The van der Waals surface area contributed by atoms with E-state index in [0.717, 1.165) is 42.1 Å². The van der Waals surface area contributed by atoms with Gasteiger partial charge >= 0.3 is 0 Å². The fraction of sp³-hybridized carbons (Fsp3) is 0.632. The van der Waals surface area contributed by atoms with Crippen molar-refractivity contribution in [2.45, 2.75) is 62.6 Å². The highest BCUT2D eigenvalue weighted by Gasteiger charge is 2.62. The molecule has 0 amide bonds. The van der Waals surface area contributed by atoms with E-state index in [1.807, 2.05) is 0 Å². The molecular weight excluding hydrogens is 400 g/mol. The quantitative estimate of drug-likeness (QED) is 0.591. The second-order valence-electron chi connectivity index (χ2n) is 8.65. The lowest BCUT2D eigenvalue weighted by molar-refractivity contribution is 0.0303. The van der Waals surface area contributed by atoms with Crippen molar-refractivity contribution in [3.05, 3.63) is 28.9 Å². The highest BCUT2D eigenvalue weighted by Crippen LogP contribution is 2.60. The molecule has 0 aliphatic heterocycles. The van der Waals surface area contributed by atoms with Gasteiger partial charge in [-0.05, 0) is 55.2 Å². The van der Waals surface area contributed by atoms with Crippen molar-refractivity contribution in [3.8, 4) is 0 Å². The summed E-state index contributed by atoms with van der Waals surface area (Å²) in [6.45, 7) is 0. The molecule has 1 aromatic heterocycles. The standard InChI is InChI=1S/C19H25ClN4O3S/c20-11-6-16(15-10-21-22-17(15)7-11)19(25)8-13-14(9-19)18(13)24-28(26,27)23-12-4-2-1-3-5-12/h6-7,10,12-14,18,23-25H,1-5,8-9H2,(H,21,22)/t13-,14+,18+,19+. The van der Waals surface area contributed by atoms with Gasteiger partial charge in [0, 0.05) is 22.5 Å². The van der Waals surface area contributed by atoms with Crippen LogP contribution in [0.15, 0.2) is 18.3 Å². The summed E-state index contributed by atoms with van der Waals surface area (Å²) >= 11 is 6.22. The molecule has 0 bridgehead atoms. The Kier molecular flexibility index (Phi) is 4.48. The van der Waals surface area contributed by atoms with E-state index in [1.54, 1.807) is 18.3 Å². The van der Waals surface area contributed by atoms with Gasteiger partial charge in [-0.2, -0.15) is 23.0 Å². The van der Waals surface area contributed by atoms with Gasteiger partial charge in [0.2, 0.25) is 0 Å². The molecule has 4 atom stereocenters. The monoisotopic (exact) mass is 424 g/mol. The summed E-state index contributed by atoms with van der Waals surface area (Å²) in [7, 11) is -3.51. The number of nitrogens with one attached hydrogen (secondary N) is 3. The average Bonchev–Trinajstić information content (AvgIpc) is 3.03. The van der Waals surface area contributed by atoms with E-state index in [4.69, 9.17) is 11.6 Å². The number of H-pyrrole nitrogens is 1. The molecule has 0 spiro atoms. The average molecular weight is 425 g/mol. The van der Waals surface area contributed by atoms with Gasteiger partial charge in [-0.3, -0.25) is 5.10 Å². The van der Waals surface area contributed by atoms with Crippen LogP contribution in [0.4, 0.5) is 0 Å². The van der Waals surface area contributed by atoms with Crippen LogP contribution in [0.25, 0.3) is 10.9 Å². The van der Waals surface area contributed by atoms with Crippen LogP contribution in [0.3, 0.4) is 0 Å². The zero-order valence-corrected chi connectivity index (χ0v) is 17.1. The molecule has 9 heteroatoms. The van der Waals surface area contributed by atoms with Crippen molar-refractivity contribution in [2.24, 2.45) is 11.8 Å². The molecule has 3 saturated carbocycles. The molecule has 0 unspecified atom stereocenters. The van der Waals surface area contributed by atoms with Crippen LogP contribution in [-0.2, 0) is 15.8 Å². The third-order valence-corrected chi connectivity index (χ3v) is 8.17. The van der Waals surface area contributed by atoms with Crippen molar-refractivity contribution in [2.75, 3.05) is 0 Å². The summed E-state index contributed by atoms with van der Waals surface area (Å²) in [6.07, 6.45) is 7.92. The summed E-state index contributed by atoms with van der Waals surface area (Å²) in [6, 6.07) is 3.54. The van der Waals surface area contributed by atoms with E-state index >= 15 is 0 Å². The molecule has 3 aliphatic carbocycles. The first-order chi connectivity index (χ1) is 13.3. The number of halogens is 1. The van der Waals surface area contributed by atoms with Gasteiger partial charge in [-0.15, -0.1) is 0 Å². The van der Waals surface area contributed by atoms with Crippen molar-refractivity contribution in [1.82, 2.24) is 19.6 Å². The Morgan fingerprint density at radius 2 is 1.86 bits per heavy atom. The number of fused-ring (bicyclic) bond motifs is 2. The predicted molar refractivity (Wildman–Crippen MR) is 107 cm³/mol. The van der Waals surface area contributed by atoms with E-state index < -0.39 is 15.8 Å². The summed E-state index contributed by atoms with van der Waals surface area (Å²) in [4.78, 5) is 0. The number of hydrogen-bond donors (Lipinski definition) is 4. The van der Waals surface area contributed by atoms with E-state index in [1.165, 1.54) is 6.42 Å². The fourth-order valence-electron chi connectivity index (χ4n) is 5.31. The maximum absolute atomic E-state index is 12.5. The first kappa shape index (κ1) is 18.8. The molecule has 28 heavy (non-hydrogen) atoms. The van der Waals surface area contributed by atoms with E-state index in [0.29, 0.717) is 17.9 Å². The minimum atomic E-state index is -3.51. The number of nitrogens with zero attached hydrogens (tertiary/aromatic N) is 1. The largest absolute Gasteiger partial charge is 0.385 e. The number of aromatic nitrogens is 2. The van der Waals surface area contributed by atoms with Gasteiger partial charge in [0.1, 0.15) is 0 Å². The van der Waals surface area contributed by atoms with Gasteiger partial charge in [-0.25, -0.2) is 0 Å². The molecule has 2 aromatic rings. The zero-order valence-electron chi connectivity index (χ0n) is 15.5. The van der Waals surface area contributed by atoms with Crippen LogP contribution in [0.1, 0.15) is 50.5 Å². The molecule has 152 valence electrons. The number of rotatable bonds is 5. The molecular formula is C19H25ClN4O3S. The molecule has 1 aromatic carbocycles. The van der Waals surface area contributed by atoms with Crippen LogP contribution in [0.5, 0.6) is 0 Å². The van der Waals surface area contributed by atoms with Gasteiger partial charge in [0.25, 0.3) is 10.2 Å². The van der Waals surface area contributed by atoms with Gasteiger partial charge in [0.05, 0.1) is 17.3 Å². The number of aliphatic hydroxyl groups is 1. The normalized spacial score (nSPS) is 33.3. The Hall–Kier alpha value is -1.19. The predicted octanol–water partition coefficient (Wildman–Crippen LogP) is 2.57. The number of benzene rings is 1. The summed E-state index contributed by atoms with van der Waals surface area (Å²) < 4.78 is 30.6. The first-order valence-electron chi connectivity index (χ1n) is 10.00. The Morgan fingerprint density at radius 3 is 2.57 bits per heavy atom. The second-order valence-corrected chi connectivity index (χ2v) is 10.6. The highest BCUT2D eigenvalue weighted by atomic mass is 35.5. The zero-order chi connectivity index (χ0) is 19.5. The molecule has 3 fully saturated rings. The third kappa shape index (κ3) is 3.35. The van der Waals surface area contributed by atoms with Gasteiger partial charge in [-0.1, -0.05) is 30.9 Å². The van der Waals surface area contributed by atoms with E-state index in [9.17, 15) is 13.5 Å². The molecule has 3 aliphatic rings. The van der Waals surface area contributed by atoms with E-state index in [-0.39, 0.29) is 23.9 Å². The minimum absolute atomic E-state index is 0.0441. The lowest BCUT2D eigenvalue weighted by Crippen LogP contribution is -2.45. The number of hydrogen-bond acceptors (Lipinski definition) is 4. The van der Waals surface area contributed by atoms with Gasteiger partial charge < -0.3 is 5.11 Å². The van der Waals surface area contributed by atoms with Crippen LogP contribution < -0.4 is 9.44 Å².